The molecule has 0 aromatic rings. The van der Waals surface area contributed by atoms with Crippen molar-refractivity contribution in [2.45, 2.75) is 0 Å². The predicted molar refractivity (Wildman–Crippen MR) is 20.0 cm³/mol. The standard InChI is InChI=1S/C2H5NO2.H3N.Zn/c3-1-2(4)5;;/h1,3H2,(H,4,5);1H3;/q;;+2. The van der Waals surface area contributed by atoms with E-state index in [0.717, 1.165) is 0 Å². The topological polar surface area (TPSA) is 103 Å². The maximum absolute atomic E-state index is 9.13. The second kappa shape index (κ2) is 9.38. The summed E-state index contributed by atoms with van der Waals surface area (Å²) in [5, 5.41) is 9.13. The van der Waals surface area contributed by atoms with Gasteiger partial charge in [0, 0.05) is 6.54 Å². The summed E-state index contributed by atoms with van der Waals surface area (Å²) in [6, 6.07) is 0. The summed E-state index contributed by atoms with van der Waals surface area (Å²) in [7, 11) is 0. The Hall–Kier alpha value is 0.0134. The molecule has 0 aromatic carbocycles. The second-order valence-corrected chi connectivity index (χ2v) is 0.576. The van der Waals surface area contributed by atoms with Crippen LogP contribution in [0.25, 0.3) is 0 Å². The average molecular weight is 157 g/mol. The first kappa shape index (κ1) is 15.7. The minimum absolute atomic E-state index is 0. The van der Waals surface area contributed by atoms with Gasteiger partial charge >= 0.3 is 19.5 Å². The van der Waals surface area contributed by atoms with E-state index in [1.54, 1.807) is 0 Å². The Bertz CT molecular complexity index is 49.0. The quantitative estimate of drug-likeness (QED) is 0.433. The summed E-state index contributed by atoms with van der Waals surface area (Å²) < 4.78 is 0. The molecule has 0 saturated heterocycles. The molecule has 0 aliphatic carbocycles. The van der Waals surface area contributed by atoms with E-state index >= 15 is 0 Å². The molecule has 0 aliphatic heterocycles. The smallest absolute Gasteiger partial charge is 0.549 e. The van der Waals surface area contributed by atoms with Gasteiger partial charge in [-0.1, -0.05) is 0 Å². The minimum Gasteiger partial charge on any atom is -0.549 e. The summed E-state index contributed by atoms with van der Waals surface area (Å²) in [5.41, 5.74) is 4.51. The maximum Gasteiger partial charge on any atom is 2.00 e. The number of hydrogen-bond acceptors (Lipinski definition) is 3. The molecular weight excluding hydrogens is 149 g/mol. The van der Waals surface area contributed by atoms with Crippen LogP contribution in [0.4, 0.5) is 0 Å². The predicted octanol–water partition coefficient (Wildman–Crippen LogP) is -1.93. The molecule has 0 fully saturated rings. The van der Waals surface area contributed by atoms with Crippen molar-refractivity contribution in [2.24, 2.45) is 5.73 Å². The van der Waals surface area contributed by atoms with Crippen molar-refractivity contribution in [3.63, 3.8) is 0 Å². The summed E-state index contributed by atoms with van der Waals surface area (Å²) in [4.78, 5) is 9.13. The molecular formula is C2H8N2O2Zn+2. The third-order valence-electron chi connectivity index (χ3n) is 0.167. The summed E-state index contributed by atoms with van der Waals surface area (Å²) >= 11 is 0. The van der Waals surface area contributed by atoms with Crippen molar-refractivity contribution in [1.82, 2.24) is 6.15 Å². The second-order valence-electron chi connectivity index (χ2n) is 0.576. The summed E-state index contributed by atoms with van der Waals surface area (Å²) in [6.07, 6.45) is 0. The average Bonchev–Trinajstić information content (AvgIpc) is 1.38. The first-order valence-corrected chi connectivity index (χ1v) is 1.17. The molecule has 5 heteroatoms. The Morgan fingerprint density at radius 2 is 1.86 bits per heavy atom. The van der Waals surface area contributed by atoms with Gasteiger partial charge in [0.15, 0.2) is 0 Å². The zero-order valence-corrected chi connectivity index (χ0v) is 7.28. The molecule has 0 unspecified atom stereocenters. The van der Waals surface area contributed by atoms with Crippen molar-refractivity contribution in [3.8, 4) is 0 Å². The molecule has 0 spiro atoms. The van der Waals surface area contributed by atoms with Gasteiger partial charge in [0.25, 0.3) is 0 Å². The van der Waals surface area contributed by atoms with Gasteiger partial charge in [0.2, 0.25) is 0 Å². The fourth-order valence-corrected chi connectivity index (χ4v) is 0. The van der Waals surface area contributed by atoms with Crippen LogP contribution < -0.4 is 17.0 Å². The third kappa shape index (κ3) is 23.9. The zero-order chi connectivity index (χ0) is 4.28. The van der Waals surface area contributed by atoms with Gasteiger partial charge in [0.05, 0.1) is 5.97 Å². The Morgan fingerprint density at radius 1 is 1.71 bits per heavy atom. The van der Waals surface area contributed by atoms with Crippen LogP contribution in [0.15, 0.2) is 0 Å². The molecule has 0 saturated carbocycles. The van der Waals surface area contributed by atoms with E-state index in [0.29, 0.717) is 0 Å². The van der Waals surface area contributed by atoms with Crippen molar-refractivity contribution in [3.05, 3.63) is 0 Å². The molecule has 0 bridgehead atoms. The van der Waals surface area contributed by atoms with Gasteiger partial charge in [-0.2, -0.15) is 0 Å². The molecule has 0 amide bonds. The van der Waals surface area contributed by atoms with Crippen LogP contribution in [0.5, 0.6) is 0 Å². The van der Waals surface area contributed by atoms with E-state index in [2.05, 4.69) is 5.73 Å². The first-order chi connectivity index (χ1) is 2.27. The zero-order valence-electron chi connectivity index (χ0n) is 4.31. The number of carboxylic acid groups (broad SMARTS) is 1. The molecule has 0 rings (SSSR count). The number of rotatable bonds is 1. The fraction of sp³-hybridized carbons (Fsp3) is 0.500. The Balaban J connectivity index is -0.0000000800. The molecule has 6 N–H and O–H groups in total. The molecule has 7 heavy (non-hydrogen) atoms. The number of hydrogen-bond donors (Lipinski definition) is 2. The summed E-state index contributed by atoms with van der Waals surface area (Å²) in [5.74, 6) is -1.22. The van der Waals surface area contributed by atoms with Crippen molar-refractivity contribution >= 4 is 5.97 Å². The van der Waals surface area contributed by atoms with E-state index in [1.807, 2.05) is 0 Å². The fourth-order valence-electron chi connectivity index (χ4n) is 0. The SMILES string of the molecule is NCC(=O)[O-].[NH4+].[Zn+2]. The first-order valence-electron chi connectivity index (χ1n) is 1.17. The molecule has 0 heterocycles. The molecule has 4 nitrogen and oxygen atoms in total. The largest absolute Gasteiger partial charge is 2.00 e. The van der Waals surface area contributed by atoms with E-state index in [1.165, 1.54) is 0 Å². The van der Waals surface area contributed by atoms with Gasteiger partial charge in [-0.25, -0.2) is 0 Å². The monoisotopic (exact) mass is 156 g/mol. The Kier molecular flexibility index (Phi) is 21.1. The third-order valence-corrected chi connectivity index (χ3v) is 0.167. The molecule has 0 radical (unpaired) electrons. The van der Waals surface area contributed by atoms with Crippen LogP contribution in [0, 0.1) is 0 Å². The van der Waals surface area contributed by atoms with Gasteiger partial charge < -0.3 is 21.8 Å². The Labute approximate surface area is 54.4 Å². The van der Waals surface area contributed by atoms with Crippen LogP contribution in [-0.4, -0.2) is 12.5 Å². The number of carbonyl (C=O) groups excluding carboxylic acids is 1. The molecule has 38 valence electrons. The number of carbonyl (C=O) groups is 1. The maximum atomic E-state index is 9.13. The Morgan fingerprint density at radius 3 is 1.86 bits per heavy atom. The number of nitrogens with two attached hydrogens (primary N) is 1. The van der Waals surface area contributed by atoms with E-state index < -0.39 is 5.97 Å². The molecule has 0 atom stereocenters. The van der Waals surface area contributed by atoms with E-state index in [-0.39, 0.29) is 32.2 Å². The molecule has 0 aliphatic rings. The van der Waals surface area contributed by atoms with E-state index in [9.17, 15) is 0 Å². The van der Waals surface area contributed by atoms with Gasteiger partial charge in [-0.15, -0.1) is 0 Å². The van der Waals surface area contributed by atoms with Crippen molar-refractivity contribution < 1.29 is 29.4 Å². The molecule has 0 aromatic heterocycles. The van der Waals surface area contributed by atoms with Gasteiger partial charge in [-0.05, 0) is 0 Å². The van der Waals surface area contributed by atoms with Crippen LogP contribution >= 0.6 is 0 Å². The van der Waals surface area contributed by atoms with Crippen LogP contribution in [0.3, 0.4) is 0 Å². The number of aliphatic carboxylic acids is 1. The van der Waals surface area contributed by atoms with Crippen molar-refractivity contribution in [1.29, 1.82) is 0 Å². The van der Waals surface area contributed by atoms with Gasteiger partial charge in [0.1, 0.15) is 0 Å². The van der Waals surface area contributed by atoms with Crippen molar-refractivity contribution in [2.75, 3.05) is 6.54 Å². The van der Waals surface area contributed by atoms with Crippen LogP contribution in [-0.2, 0) is 24.3 Å². The van der Waals surface area contributed by atoms with Gasteiger partial charge in [-0.3, -0.25) is 0 Å². The number of quaternary nitrogens is 1. The number of carboxylic acids is 1. The van der Waals surface area contributed by atoms with Crippen LogP contribution in [0.1, 0.15) is 0 Å². The minimum atomic E-state index is -1.22. The van der Waals surface area contributed by atoms with E-state index in [4.69, 9.17) is 9.90 Å². The summed E-state index contributed by atoms with van der Waals surface area (Å²) in [6.45, 7) is -0.389. The normalized spacial score (nSPS) is 5.29. The van der Waals surface area contributed by atoms with Crippen LogP contribution in [0.2, 0.25) is 0 Å².